The number of carbonyl (C=O) groups excluding carboxylic acids is 1. The Morgan fingerprint density at radius 3 is 2.92 bits per heavy atom. The molecule has 1 fully saturated rings. The van der Waals surface area contributed by atoms with Crippen molar-refractivity contribution in [3.05, 3.63) is 31.3 Å². The Bertz CT molecular complexity index is 920. The molecule has 0 spiro atoms. The number of hydrogen-bond donors (Lipinski definition) is 2. The van der Waals surface area contributed by atoms with Crippen molar-refractivity contribution >= 4 is 27.5 Å². The average Bonchev–Trinajstić information content (AvgIpc) is 3.23. The van der Waals surface area contributed by atoms with E-state index in [4.69, 9.17) is 4.74 Å². The van der Waals surface area contributed by atoms with Crippen LogP contribution in [0.5, 0.6) is 0 Å². The van der Waals surface area contributed by atoms with E-state index in [1.165, 1.54) is 16.2 Å². The maximum Gasteiger partial charge on any atom is 0.329 e. The van der Waals surface area contributed by atoms with Crippen LogP contribution in [0.25, 0.3) is 10.2 Å². The van der Waals surface area contributed by atoms with E-state index >= 15 is 0 Å². The average molecular weight is 363 g/mol. The molecule has 1 amide bonds. The number of aromatic amines is 1. The summed E-state index contributed by atoms with van der Waals surface area (Å²) in [5.41, 5.74) is 0.176. The van der Waals surface area contributed by atoms with E-state index < -0.39 is 5.69 Å². The quantitative estimate of drug-likeness (QED) is 0.845. The molecule has 1 atom stereocenters. The fourth-order valence-electron chi connectivity index (χ4n) is 3.65. The van der Waals surface area contributed by atoms with Crippen LogP contribution in [-0.2, 0) is 28.9 Å². The predicted octanol–water partition coefficient (Wildman–Crippen LogP) is 0.925. The summed E-state index contributed by atoms with van der Waals surface area (Å²) in [5.74, 6) is -0.341. The SMILES string of the molecule is O=C(Cn1c(=O)[nH]c2sc3c(c2c1=O)CCCC3)NC[C@@H]1CCCO1. The largest absolute Gasteiger partial charge is 0.376 e. The van der Waals surface area contributed by atoms with Crippen molar-refractivity contribution in [1.82, 2.24) is 14.9 Å². The fourth-order valence-corrected chi connectivity index (χ4v) is 4.92. The van der Waals surface area contributed by atoms with Gasteiger partial charge >= 0.3 is 5.69 Å². The molecular weight excluding hydrogens is 342 g/mol. The third-order valence-corrected chi connectivity index (χ3v) is 6.16. The zero-order chi connectivity index (χ0) is 17.4. The lowest BCUT2D eigenvalue weighted by molar-refractivity contribution is -0.122. The molecule has 1 aliphatic heterocycles. The number of amides is 1. The van der Waals surface area contributed by atoms with Crippen LogP contribution >= 0.6 is 11.3 Å². The van der Waals surface area contributed by atoms with Crippen molar-refractivity contribution in [2.24, 2.45) is 0 Å². The van der Waals surface area contributed by atoms with Crippen LogP contribution in [0.1, 0.15) is 36.1 Å². The zero-order valence-electron chi connectivity index (χ0n) is 13.9. The topological polar surface area (TPSA) is 93.2 Å². The van der Waals surface area contributed by atoms with Crippen LogP contribution in [0.4, 0.5) is 0 Å². The molecule has 7 nitrogen and oxygen atoms in total. The van der Waals surface area contributed by atoms with Crippen LogP contribution in [0.2, 0.25) is 0 Å². The molecule has 134 valence electrons. The van der Waals surface area contributed by atoms with Crippen LogP contribution < -0.4 is 16.6 Å². The van der Waals surface area contributed by atoms with Crippen molar-refractivity contribution in [2.75, 3.05) is 13.2 Å². The minimum atomic E-state index is -0.525. The molecule has 3 heterocycles. The number of nitrogens with one attached hydrogen (secondary N) is 2. The van der Waals surface area contributed by atoms with Crippen molar-refractivity contribution in [3.8, 4) is 0 Å². The third kappa shape index (κ3) is 3.16. The van der Waals surface area contributed by atoms with Gasteiger partial charge in [-0.15, -0.1) is 11.3 Å². The highest BCUT2D eigenvalue weighted by Gasteiger charge is 2.22. The molecule has 0 saturated carbocycles. The van der Waals surface area contributed by atoms with E-state index in [0.29, 0.717) is 16.8 Å². The smallest absolute Gasteiger partial charge is 0.329 e. The second kappa shape index (κ2) is 6.76. The summed E-state index contributed by atoms with van der Waals surface area (Å²) in [4.78, 5) is 41.9. The summed E-state index contributed by atoms with van der Waals surface area (Å²) in [5, 5.41) is 3.35. The summed E-state index contributed by atoms with van der Waals surface area (Å²) in [7, 11) is 0. The number of nitrogens with zero attached hydrogens (tertiary/aromatic N) is 1. The Hall–Kier alpha value is -1.93. The Labute approximate surface area is 148 Å². The van der Waals surface area contributed by atoms with Crippen LogP contribution in [-0.4, -0.2) is 34.7 Å². The Kier molecular flexibility index (Phi) is 4.47. The molecule has 1 saturated heterocycles. The van der Waals surface area contributed by atoms with E-state index in [-0.39, 0.29) is 24.1 Å². The summed E-state index contributed by atoms with van der Waals surface area (Å²) >= 11 is 1.50. The van der Waals surface area contributed by atoms with Crippen molar-refractivity contribution in [1.29, 1.82) is 0 Å². The van der Waals surface area contributed by atoms with Gasteiger partial charge in [0.05, 0.1) is 11.5 Å². The van der Waals surface area contributed by atoms with Gasteiger partial charge in [0, 0.05) is 18.0 Å². The Balaban J connectivity index is 1.59. The van der Waals surface area contributed by atoms with Crippen LogP contribution in [0, 0.1) is 0 Å². The van der Waals surface area contributed by atoms with E-state index in [2.05, 4.69) is 10.3 Å². The highest BCUT2D eigenvalue weighted by atomic mass is 32.1. The van der Waals surface area contributed by atoms with E-state index in [0.717, 1.165) is 55.3 Å². The van der Waals surface area contributed by atoms with Gasteiger partial charge in [0.2, 0.25) is 5.91 Å². The maximum absolute atomic E-state index is 12.8. The molecule has 0 aromatic carbocycles. The first-order valence-corrected chi connectivity index (χ1v) is 9.61. The molecule has 0 bridgehead atoms. The number of ether oxygens (including phenoxy) is 1. The predicted molar refractivity (Wildman–Crippen MR) is 95.3 cm³/mol. The number of aryl methyl sites for hydroxylation is 2. The second-order valence-electron chi connectivity index (χ2n) is 6.68. The van der Waals surface area contributed by atoms with Crippen LogP contribution in [0.3, 0.4) is 0 Å². The number of carbonyl (C=O) groups is 1. The molecule has 2 N–H and O–H groups in total. The summed E-state index contributed by atoms with van der Waals surface area (Å²) in [6.45, 7) is 0.878. The second-order valence-corrected chi connectivity index (χ2v) is 7.78. The van der Waals surface area contributed by atoms with Crippen molar-refractivity contribution in [3.63, 3.8) is 0 Å². The zero-order valence-corrected chi connectivity index (χ0v) is 14.7. The number of H-pyrrole nitrogens is 1. The molecule has 1 aliphatic carbocycles. The lowest BCUT2D eigenvalue weighted by Gasteiger charge is -2.12. The van der Waals surface area contributed by atoms with E-state index in [1.54, 1.807) is 0 Å². The number of aromatic nitrogens is 2. The van der Waals surface area contributed by atoms with Gasteiger partial charge in [-0.05, 0) is 44.1 Å². The van der Waals surface area contributed by atoms with E-state index in [1.807, 2.05) is 0 Å². The van der Waals surface area contributed by atoms with Crippen molar-refractivity contribution in [2.45, 2.75) is 51.2 Å². The third-order valence-electron chi connectivity index (χ3n) is 4.95. The number of rotatable bonds is 4. The molecule has 2 aliphatic rings. The molecule has 0 radical (unpaired) electrons. The fraction of sp³-hybridized carbons (Fsp3) is 0.588. The lowest BCUT2D eigenvalue weighted by Crippen LogP contribution is -2.42. The molecule has 0 unspecified atom stereocenters. The number of thiophene rings is 1. The monoisotopic (exact) mass is 363 g/mol. The number of fused-ring (bicyclic) bond motifs is 3. The van der Waals surface area contributed by atoms with E-state index in [9.17, 15) is 14.4 Å². The maximum atomic E-state index is 12.8. The van der Waals surface area contributed by atoms with Gasteiger partial charge in [-0.2, -0.15) is 0 Å². The standard InChI is InChI=1S/C17H21N3O4S/c21-13(18-8-10-4-3-7-24-10)9-20-16(22)14-11-5-1-2-6-12(11)25-15(14)19-17(20)23/h10H,1-9H2,(H,18,21)(H,19,23)/t10-/m0/s1. The summed E-state index contributed by atoms with van der Waals surface area (Å²) < 4.78 is 6.47. The van der Waals surface area contributed by atoms with Crippen molar-refractivity contribution < 1.29 is 9.53 Å². The van der Waals surface area contributed by atoms with Gasteiger partial charge in [0.15, 0.2) is 0 Å². The van der Waals surface area contributed by atoms with Crippen LogP contribution in [0.15, 0.2) is 9.59 Å². The highest BCUT2D eigenvalue weighted by Crippen LogP contribution is 2.32. The van der Waals surface area contributed by atoms with Gasteiger partial charge < -0.3 is 10.1 Å². The Morgan fingerprint density at radius 1 is 1.28 bits per heavy atom. The van der Waals surface area contributed by atoms with Gasteiger partial charge in [-0.3, -0.25) is 19.1 Å². The molecule has 8 heteroatoms. The normalized spacial score (nSPS) is 19.9. The molecule has 4 rings (SSSR count). The molecule has 2 aromatic heterocycles. The molecule has 2 aromatic rings. The number of hydrogen-bond acceptors (Lipinski definition) is 5. The van der Waals surface area contributed by atoms with Gasteiger partial charge in [0.25, 0.3) is 5.56 Å². The first-order chi connectivity index (χ1) is 12.1. The lowest BCUT2D eigenvalue weighted by atomic mass is 9.97. The minimum absolute atomic E-state index is 0.0327. The molecule has 25 heavy (non-hydrogen) atoms. The van der Waals surface area contributed by atoms with Gasteiger partial charge in [-0.1, -0.05) is 0 Å². The summed E-state index contributed by atoms with van der Waals surface area (Å²) in [6.07, 6.45) is 5.95. The summed E-state index contributed by atoms with van der Waals surface area (Å²) in [6, 6.07) is 0. The first-order valence-electron chi connectivity index (χ1n) is 8.79. The first kappa shape index (κ1) is 16.5. The molecular formula is C17H21N3O4S. The van der Waals surface area contributed by atoms with Gasteiger partial charge in [-0.25, -0.2) is 4.79 Å². The Morgan fingerprint density at radius 2 is 2.12 bits per heavy atom. The highest BCUT2D eigenvalue weighted by molar-refractivity contribution is 7.18. The van der Waals surface area contributed by atoms with Gasteiger partial charge in [0.1, 0.15) is 11.4 Å². The minimum Gasteiger partial charge on any atom is -0.376 e.